The number of hydrogen-bond acceptors (Lipinski definition) is 6. The van der Waals surface area contributed by atoms with E-state index in [1.165, 1.54) is 11.2 Å². The van der Waals surface area contributed by atoms with Gasteiger partial charge in [0.2, 0.25) is 0 Å². The van der Waals surface area contributed by atoms with E-state index in [1.54, 1.807) is 24.3 Å². The van der Waals surface area contributed by atoms with Crippen molar-refractivity contribution in [2.45, 2.75) is 25.5 Å². The summed E-state index contributed by atoms with van der Waals surface area (Å²) in [7, 11) is 3.79. The van der Waals surface area contributed by atoms with Crippen molar-refractivity contribution in [3.63, 3.8) is 0 Å². The second kappa shape index (κ2) is 7.40. The van der Waals surface area contributed by atoms with Crippen LogP contribution in [-0.4, -0.2) is 59.9 Å². The molecule has 1 amide bonds. The van der Waals surface area contributed by atoms with Gasteiger partial charge in [-0.05, 0) is 56.9 Å². The van der Waals surface area contributed by atoms with E-state index in [0.29, 0.717) is 24.4 Å². The van der Waals surface area contributed by atoms with Crippen LogP contribution >= 0.6 is 0 Å². The molecule has 2 atom stereocenters. The number of likely N-dealkylation sites (tertiary alicyclic amines) is 1. The molecule has 7 nitrogen and oxygen atoms in total. The number of benzene rings is 1. The first kappa shape index (κ1) is 19.3. The van der Waals surface area contributed by atoms with Crippen LogP contribution in [0.5, 0.6) is 5.75 Å². The molecule has 1 aromatic carbocycles. The summed E-state index contributed by atoms with van der Waals surface area (Å²) in [4.78, 5) is 29.0. The van der Waals surface area contributed by atoms with Gasteiger partial charge in [0.1, 0.15) is 29.4 Å². The number of amides is 1. The van der Waals surface area contributed by atoms with Crippen LogP contribution in [0, 0.1) is 0 Å². The molecule has 0 bridgehead atoms. The number of hydrogen-bond donors (Lipinski definition) is 1. The van der Waals surface area contributed by atoms with E-state index in [2.05, 4.69) is 0 Å². The molecule has 2 unspecified atom stereocenters. The van der Waals surface area contributed by atoms with Gasteiger partial charge < -0.3 is 24.1 Å². The van der Waals surface area contributed by atoms with Crippen LogP contribution < -0.4 is 4.74 Å². The molecule has 2 aliphatic rings. The van der Waals surface area contributed by atoms with Crippen molar-refractivity contribution in [1.82, 2.24) is 9.80 Å². The summed E-state index contributed by atoms with van der Waals surface area (Å²) in [6, 6.07) is 7.98. The van der Waals surface area contributed by atoms with Gasteiger partial charge in [-0.1, -0.05) is 0 Å². The van der Waals surface area contributed by atoms with Crippen LogP contribution in [0.25, 0.3) is 5.76 Å². The van der Waals surface area contributed by atoms with Crippen molar-refractivity contribution in [2.75, 3.05) is 27.2 Å². The summed E-state index contributed by atoms with van der Waals surface area (Å²) in [5, 5.41) is 11.1. The zero-order valence-electron chi connectivity index (χ0n) is 16.7. The molecule has 7 heteroatoms. The standard InChI is InChI=1S/C22H24N2O5/c1-13-11-15-12-14(6-7-16(15)29-13)20(25)18-19(17-5-4-10-28-17)24(9-8-23(2)3)22(27)21(18)26/h4-7,10,12-13,19,25H,8-9,11H2,1-3H3. The summed E-state index contributed by atoms with van der Waals surface area (Å²) < 4.78 is 11.2. The van der Waals surface area contributed by atoms with Gasteiger partial charge in [-0.25, -0.2) is 0 Å². The number of ether oxygens (including phenoxy) is 1. The van der Waals surface area contributed by atoms with Gasteiger partial charge in [0, 0.05) is 25.1 Å². The molecule has 0 radical (unpaired) electrons. The Morgan fingerprint density at radius 1 is 1.28 bits per heavy atom. The molecule has 2 aromatic rings. The third-order valence-corrected chi connectivity index (χ3v) is 5.31. The van der Waals surface area contributed by atoms with E-state index in [1.807, 2.05) is 32.0 Å². The van der Waals surface area contributed by atoms with Gasteiger partial charge in [0.25, 0.3) is 11.7 Å². The zero-order chi connectivity index (χ0) is 20.7. The third kappa shape index (κ3) is 3.42. The molecule has 1 aromatic heterocycles. The Labute approximate surface area is 169 Å². The number of nitrogens with zero attached hydrogens (tertiary/aromatic N) is 2. The number of carbonyl (C=O) groups is 2. The number of aliphatic hydroxyl groups excluding tert-OH is 1. The van der Waals surface area contributed by atoms with E-state index < -0.39 is 17.7 Å². The molecule has 3 heterocycles. The molecule has 1 saturated heterocycles. The molecule has 0 saturated carbocycles. The van der Waals surface area contributed by atoms with Gasteiger partial charge in [0.05, 0.1) is 11.8 Å². The molecular formula is C22H24N2O5. The highest BCUT2D eigenvalue weighted by Crippen LogP contribution is 2.40. The average Bonchev–Trinajstić information content (AvgIpc) is 3.38. The van der Waals surface area contributed by atoms with Crippen molar-refractivity contribution in [3.8, 4) is 5.75 Å². The topological polar surface area (TPSA) is 83.2 Å². The SMILES string of the molecule is CC1Cc2cc(C(O)=C3C(=O)C(=O)N(CCN(C)C)C3c3ccco3)ccc2O1. The zero-order valence-corrected chi connectivity index (χ0v) is 16.7. The second-order valence-corrected chi connectivity index (χ2v) is 7.77. The van der Waals surface area contributed by atoms with Crippen molar-refractivity contribution < 1.29 is 23.8 Å². The average molecular weight is 396 g/mol. The maximum atomic E-state index is 12.9. The predicted octanol–water partition coefficient (Wildman–Crippen LogP) is 2.59. The van der Waals surface area contributed by atoms with Crippen molar-refractivity contribution in [1.29, 1.82) is 0 Å². The largest absolute Gasteiger partial charge is 0.507 e. The highest BCUT2D eigenvalue weighted by Gasteiger charge is 2.47. The summed E-state index contributed by atoms with van der Waals surface area (Å²) in [5.41, 5.74) is 1.51. The molecule has 29 heavy (non-hydrogen) atoms. The normalized spacial score (nSPS) is 23.0. The highest BCUT2D eigenvalue weighted by atomic mass is 16.5. The summed E-state index contributed by atoms with van der Waals surface area (Å²) in [5.74, 6) is -0.300. The third-order valence-electron chi connectivity index (χ3n) is 5.31. The van der Waals surface area contributed by atoms with E-state index in [9.17, 15) is 14.7 Å². The number of likely N-dealkylation sites (N-methyl/N-ethyl adjacent to an activating group) is 1. The van der Waals surface area contributed by atoms with E-state index in [-0.39, 0.29) is 17.4 Å². The van der Waals surface area contributed by atoms with E-state index in [0.717, 1.165) is 17.7 Å². The Bertz CT molecular complexity index is 977. The lowest BCUT2D eigenvalue weighted by Gasteiger charge is -2.24. The van der Waals surface area contributed by atoms with Crippen molar-refractivity contribution >= 4 is 17.4 Å². The lowest BCUT2D eigenvalue weighted by molar-refractivity contribution is -0.140. The number of ketones is 1. The van der Waals surface area contributed by atoms with Crippen LogP contribution in [0.3, 0.4) is 0 Å². The number of carbonyl (C=O) groups excluding carboxylic acids is 2. The number of Topliss-reactive ketones (excluding diaryl/α,β-unsaturated/α-hetero) is 1. The Kier molecular flexibility index (Phi) is 4.92. The Morgan fingerprint density at radius 3 is 2.76 bits per heavy atom. The summed E-state index contributed by atoms with van der Waals surface area (Å²) in [6.07, 6.45) is 2.30. The Hall–Kier alpha value is -3.06. The van der Waals surface area contributed by atoms with Crippen LogP contribution in [0.4, 0.5) is 0 Å². The first-order valence-corrected chi connectivity index (χ1v) is 9.63. The molecular weight excluding hydrogens is 372 g/mol. The molecule has 1 fully saturated rings. The minimum absolute atomic E-state index is 0.0515. The maximum Gasteiger partial charge on any atom is 0.295 e. The second-order valence-electron chi connectivity index (χ2n) is 7.77. The van der Waals surface area contributed by atoms with Gasteiger partial charge in [-0.2, -0.15) is 0 Å². The molecule has 152 valence electrons. The summed E-state index contributed by atoms with van der Waals surface area (Å²) >= 11 is 0. The van der Waals surface area contributed by atoms with Gasteiger partial charge >= 0.3 is 0 Å². The summed E-state index contributed by atoms with van der Waals surface area (Å²) in [6.45, 7) is 2.90. The Balaban J connectivity index is 1.78. The minimum atomic E-state index is -0.756. The molecule has 4 rings (SSSR count). The molecule has 2 aliphatic heterocycles. The highest BCUT2D eigenvalue weighted by molar-refractivity contribution is 6.46. The molecule has 0 spiro atoms. The maximum absolute atomic E-state index is 12.9. The van der Waals surface area contributed by atoms with Gasteiger partial charge in [-0.15, -0.1) is 0 Å². The quantitative estimate of drug-likeness (QED) is 0.475. The van der Waals surface area contributed by atoms with Gasteiger partial charge in [0.15, 0.2) is 0 Å². The number of rotatable bonds is 5. The first-order valence-electron chi connectivity index (χ1n) is 9.63. The monoisotopic (exact) mass is 396 g/mol. The van der Waals surface area contributed by atoms with Crippen LogP contribution in [0.15, 0.2) is 46.6 Å². The smallest absolute Gasteiger partial charge is 0.295 e. The Morgan fingerprint density at radius 2 is 2.07 bits per heavy atom. The lowest BCUT2D eigenvalue weighted by Crippen LogP contribution is -2.35. The number of fused-ring (bicyclic) bond motifs is 1. The van der Waals surface area contributed by atoms with Crippen LogP contribution in [0.2, 0.25) is 0 Å². The van der Waals surface area contributed by atoms with Crippen LogP contribution in [-0.2, 0) is 16.0 Å². The van der Waals surface area contributed by atoms with E-state index >= 15 is 0 Å². The minimum Gasteiger partial charge on any atom is -0.507 e. The van der Waals surface area contributed by atoms with Crippen molar-refractivity contribution in [2.24, 2.45) is 0 Å². The van der Waals surface area contributed by atoms with Crippen LogP contribution in [0.1, 0.15) is 29.9 Å². The number of aliphatic hydroxyl groups is 1. The number of furan rings is 1. The first-order chi connectivity index (χ1) is 13.9. The van der Waals surface area contributed by atoms with Gasteiger partial charge in [-0.3, -0.25) is 9.59 Å². The molecule has 0 aliphatic carbocycles. The fourth-order valence-corrected chi connectivity index (χ4v) is 3.89. The molecule has 1 N–H and O–H groups in total. The van der Waals surface area contributed by atoms with E-state index in [4.69, 9.17) is 9.15 Å². The fourth-order valence-electron chi connectivity index (χ4n) is 3.89. The predicted molar refractivity (Wildman–Crippen MR) is 107 cm³/mol. The fraction of sp³-hybridized carbons (Fsp3) is 0.364. The lowest BCUT2D eigenvalue weighted by atomic mass is 9.97. The van der Waals surface area contributed by atoms with Crippen molar-refractivity contribution in [3.05, 3.63) is 59.1 Å².